The summed E-state index contributed by atoms with van der Waals surface area (Å²) < 4.78 is 0. The van der Waals surface area contributed by atoms with Crippen molar-refractivity contribution in [1.29, 1.82) is 5.26 Å². The molecule has 1 aromatic carbocycles. The molecule has 1 spiro atoms. The molecule has 1 saturated carbocycles. The van der Waals surface area contributed by atoms with E-state index in [9.17, 15) is 9.59 Å². The number of nitriles is 1. The van der Waals surface area contributed by atoms with E-state index in [4.69, 9.17) is 5.26 Å². The summed E-state index contributed by atoms with van der Waals surface area (Å²) in [7, 11) is 0. The van der Waals surface area contributed by atoms with Crippen molar-refractivity contribution in [2.45, 2.75) is 38.6 Å². The van der Waals surface area contributed by atoms with E-state index >= 15 is 0 Å². The molecular weight excluding hydrogens is 340 g/mol. The van der Waals surface area contributed by atoms with Gasteiger partial charge < -0.3 is 10.2 Å². The van der Waals surface area contributed by atoms with Crippen molar-refractivity contribution in [2.24, 2.45) is 5.41 Å². The molecule has 1 atom stereocenters. The quantitative estimate of drug-likeness (QED) is 0.909. The molecule has 6 nitrogen and oxygen atoms in total. The van der Waals surface area contributed by atoms with Crippen LogP contribution < -0.4 is 5.32 Å². The van der Waals surface area contributed by atoms with Gasteiger partial charge in [-0.25, -0.2) is 0 Å². The van der Waals surface area contributed by atoms with Gasteiger partial charge in [-0.3, -0.25) is 14.6 Å². The topological polar surface area (TPSA) is 86.1 Å². The lowest BCUT2D eigenvalue weighted by Crippen LogP contribution is -2.49. The molecule has 27 heavy (non-hydrogen) atoms. The van der Waals surface area contributed by atoms with Gasteiger partial charge in [0.2, 0.25) is 5.91 Å². The average molecular weight is 362 g/mol. The van der Waals surface area contributed by atoms with Crippen LogP contribution in [0.1, 0.15) is 48.5 Å². The van der Waals surface area contributed by atoms with Gasteiger partial charge in [0.25, 0.3) is 5.91 Å². The van der Waals surface area contributed by atoms with Gasteiger partial charge in [-0.15, -0.1) is 0 Å². The first kappa shape index (κ1) is 17.5. The van der Waals surface area contributed by atoms with Gasteiger partial charge in [0, 0.05) is 24.7 Å². The SMILES string of the molecule is C[C@@H](NC(=O)c1cnc2cc(C#N)ccc2c1)C(=O)N1CCC2(CC1)CC2. The van der Waals surface area contributed by atoms with Crippen LogP contribution in [-0.4, -0.2) is 40.8 Å². The van der Waals surface area contributed by atoms with E-state index in [1.807, 2.05) is 4.90 Å². The van der Waals surface area contributed by atoms with Gasteiger partial charge in [0.15, 0.2) is 0 Å². The van der Waals surface area contributed by atoms with E-state index in [1.165, 1.54) is 19.0 Å². The number of piperidine rings is 1. The summed E-state index contributed by atoms with van der Waals surface area (Å²) in [6.07, 6.45) is 6.24. The maximum Gasteiger partial charge on any atom is 0.253 e. The zero-order valence-corrected chi connectivity index (χ0v) is 15.4. The summed E-state index contributed by atoms with van der Waals surface area (Å²) in [5.74, 6) is -0.337. The monoisotopic (exact) mass is 362 g/mol. The van der Waals surface area contributed by atoms with Crippen molar-refractivity contribution in [3.63, 3.8) is 0 Å². The standard InChI is InChI=1S/C21H22N4O2/c1-14(20(27)25-8-6-21(4-5-21)7-9-25)24-19(26)17-11-16-3-2-15(12-22)10-18(16)23-13-17/h2-3,10-11,13-14H,4-9H2,1H3,(H,24,26)/t14-/m1/s1. The number of nitrogens with zero attached hydrogens (tertiary/aromatic N) is 3. The van der Waals surface area contributed by atoms with E-state index in [-0.39, 0.29) is 11.8 Å². The van der Waals surface area contributed by atoms with Gasteiger partial charge >= 0.3 is 0 Å². The van der Waals surface area contributed by atoms with Crippen LogP contribution in [0.5, 0.6) is 0 Å². The third-order valence-corrected chi connectivity index (χ3v) is 5.89. The molecule has 4 rings (SSSR count). The first-order valence-corrected chi connectivity index (χ1v) is 9.39. The van der Waals surface area contributed by atoms with Crippen LogP contribution in [0.4, 0.5) is 0 Å². The molecule has 2 aromatic rings. The Labute approximate surface area is 158 Å². The number of benzene rings is 1. The number of carbonyl (C=O) groups is 2. The third kappa shape index (κ3) is 3.50. The Kier molecular flexibility index (Phi) is 4.31. The predicted molar refractivity (Wildman–Crippen MR) is 101 cm³/mol. The van der Waals surface area contributed by atoms with Crippen molar-refractivity contribution in [3.05, 3.63) is 41.6 Å². The van der Waals surface area contributed by atoms with E-state index < -0.39 is 6.04 Å². The molecule has 2 fully saturated rings. The summed E-state index contributed by atoms with van der Waals surface area (Å²) in [6.45, 7) is 3.31. The summed E-state index contributed by atoms with van der Waals surface area (Å²) >= 11 is 0. The van der Waals surface area contributed by atoms with Crippen molar-refractivity contribution < 1.29 is 9.59 Å². The highest BCUT2D eigenvalue weighted by Crippen LogP contribution is 2.53. The molecule has 2 heterocycles. The lowest BCUT2D eigenvalue weighted by molar-refractivity contribution is -0.134. The maximum absolute atomic E-state index is 12.6. The molecule has 2 amide bonds. The number of pyridine rings is 1. The average Bonchev–Trinajstić information content (AvgIpc) is 3.45. The largest absolute Gasteiger partial charge is 0.341 e. The van der Waals surface area contributed by atoms with Gasteiger partial charge in [0.1, 0.15) is 6.04 Å². The molecule has 1 saturated heterocycles. The Hall–Kier alpha value is -2.94. The van der Waals surface area contributed by atoms with Crippen LogP contribution in [0, 0.1) is 16.7 Å². The highest BCUT2D eigenvalue weighted by Gasteiger charge is 2.45. The van der Waals surface area contributed by atoms with E-state index in [0.29, 0.717) is 22.1 Å². The maximum atomic E-state index is 12.6. The lowest BCUT2D eigenvalue weighted by Gasteiger charge is -2.33. The molecule has 1 aliphatic heterocycles. The number of nitrogens with one attached hydrogen (secondary N) is 1. The number of aromatic nitrogens is 1. The first-order chi connectivity index (χ1) is 13.0. The Bertz CT molecular complexity index is 948. The van der Waals surface area contributed by atoms with Crippen LogP contribution in [0.3, 0.4) is 0 Å². The van der Waals surface area contributed by atoms with Crippen LogP contribution in [0.2, 0.25) is 0 Å². The smallest absolute Gasteiger partial charge is 0.253 e. The molecule has 1 N–H and O–H groups in total. The molecule has 0 bridgehead atoms. The van der Waals surface area contributed by atoms with E-state index in [2.05, 4.69) is 16.4 Å². The van der Waals surface area contributed by atoms with Crippen LogP contribution in [-0.2, 0) is 4.79 Å². The molecule has 1 aliphatic carbocycles. The summed E-state index contributed by atoms with van der Waals surface area (Å²) in [5.41, 5.74) is 2.12. The Balaban J connectivity index is 1.41. The number of rotatable bonds is 3. The van der Waals surface area contributed by atoms with Crippen molar-refractivity contribution in [3.8, 4) is 6.07 Å². The second-order valence-corrected chi connectivity index (χ2v) is 7.76. The van der Waals surface area contributed by atoms with Crippen LogP contribution in [0.25, 0.3) is 10.9 Å². The molecular formula is C21H22N4O2. The lowest BCUT2D eigenvalue weighted by atomic mass is 9.93. The number of hydrogen-bond donors (Lipinski definition) is 1. The molecule has 0 radical (unpaired) electrons. The fourth-order valence-electron chi connectivity index (χ4n) is 3.81. The van der Waals surface area contributed by atoms with E-state index in [1.54, 1.807) is 31.2 Å². The minimum atomic E-state index is -0.567. The van der Waals surface area contributed by atoms with Crippen LogP contribution >= 0.6 is 0 Å². The Morgan fingerprint density at radius 1 is 1.22 bits per heavy atom. The molecule has 6 heteroatoms. The van der Waals surface area contributed by atoms with Gasteiger partial charge in [-0.05, 0) is 56.2 Å². The fraction of sp³-hybridized carbons (Fsp3) is 0.429. The third-order valence-electron chi connectivity index (χ3n) is 5.89. The normalized spacial score (nSPS) is 18.7. The van der Waals surface area contributed by atoms with Gasteiger partial charge in [-0.2, -0.15) is 5.26 Å². The summed E-state index contributed by atoms with van der Waals surface area (Å²) in [4.78, 5) is 31.3. The summed E-state index contributed by atoms with van der Waals surface area (Å²) in [5, 5.41) is 12.5. The second kappa shape index (κ2) is 6.66. The molecule has 1 aromatic heterocycles. The first-order valence-electron chi connectivity index (χ1n) is 9.39. The van der Waals surface area contributed by atoms with Crippen molar-refractivity contribution in [1.82, 2.24) is 15.2 Å². The molecule has 0 unspecified atom stereocenters. The minimum Gasteiger partial charge on any atom is -0.341 e. The fourth-order valence-corrected chi connectivity index (χ4v) is 3.81. The van der Waals surface area contributed by atoms with Crippen LogP contribution in [0.15, 0.2) is 30.5 Å². The minimum absolute atomic E-state index is 0.0220. The molecule has 2 aliphatic rings. The second-order valence-electron chi connectivity index (χ2n) is 7.76. The summed E-state index contributed by atoms with van der Waals surface area (Å²) in [6, 6.07) is 8.39. The number of carbonyl (C=O) groups excluding carboxylic acids is 2. The van der Waals surface area contributed by atoms with Crippen molar-refractivity contribution in [2.75, 3.05) is 13.1 Å². The predicted octanol–water partition coefficient (Wildman–Crippen LogP) is 2.63. The number of amides is 2. The van der Waals surface area contributed by atoms with Gasteiger partial charge in [0.05, 0.1) is 22.7 Å². The zero-order valence-electron chi connectivity index (χ0n) is 15.4. The van der Waals surface area contributed by atoms with E-state index in [0.717, 1.165) is 31.3 Å². The number of fused-ring (bicyclic) bond motifs is 1. The highest BCUT2D eigenvalue weighted by atomic mass is 16.2. The number of hydrogen-bond acceptors (Lipinski definition) is 4. The Morgan fingerprint density at radius 3 is 2.63 bits per heavy atom. The highest BCUT2D eigenvalue weighted by molar-refractivity contribution is 5.99. The Morgan fingerprint density at radius 2 is 1.96 bits per heavy atom. The van der Waals surface area contributed by atoms with Crippen molar-refractivity contribution >= 4 is 22.7 Å². The number of likely N-dealkylation sites (tertiary alicyclic amines) is 1. The molecule has 138 valence electrons. The zero-order chi connectivity index (χ0) is 19.0. The van der Waals surface area contributed by atoms with Gasteiger partial charge in [-0.1, -0.05) is 6.07 Å².